The van der Waals surface area contributed by atoms with E-state index in [4.69, 9.17) is 9.15 Å². The fraction of sp³-hybridized carbons (Fsp3) is 0.200. The minimum atomic E-state index is -4.46. The highest BCUT2D eigenvalue weighted by molar-refractivity contribution is 5.97. The number of alkyl halides is 3. The zero-order valence-corrected chi connectivity index (χ0v) is 15.3. The molecule has 3 rings (SSSR count). The summed E-state index contributed by atoms with van der Waals surface area (Å²) in [5, 5.41) is 5.83. The summed E-state index contributed by atoms with van der Waals surface area (Å²) >= 11 is 0. The van der Waals surface area contributed by atoms with Crippen LogP contribution < -0.4 is 15.4 Å². The van der Waals surface area contributed by atoms with Gasteiger partial charge in [-0.2, -0.15) is 13.2 Å². The Kier molecular flexibility index (Phi) is 5.76. The molecule has 0 fully saturated rings. The second-order valence-electron chi connectivity index (χ2n) is 6.08. The van der Waals surface area contributed by atoms with Gasteiger partial charge in [-0.3, -0.25) is 9.59 Å². The molecule has 0 aliphatic carbocycles. The zero-order valence-electron chi connectivity index (χ0n) is 15.3. The van der Waals surface area contributed by atoms with Crippen LogP contribution in [0.4, 0.5) is 13.2 Å². The van der Waals surface area contributed by atoms with Crippen LogP contribution in [0.2, 0.25) is 0 Å². The first kappa shape index (κ1) is 20.2. The molecule has 0 unspecified atom stereocenters. The van der Waals surface area contributed by atoms with Crippen LogP contribution in [0.5, 0.6) is 5.75 Å². The lowest BCUT2D eigenvalue weighted by Gasteiger charge is -2.08. The maximum Gasteiger partial charge on any atom is 0.416 e. The molecule has 2 amide bonds. The van der Waals surface area contributed by atoms with E-state index >= 15 is 0 Å². The third-order valence-corrected chi connectivity index (χ3v) is 4.12. The lowest BCUT2D eigenvalue weighted by Crippen LogP contribution is -2.34. The molecule has 2 N–H and O–H groups in total. The number of hydrogen-bond acceptors (Lipinski definition) is 4. The number of hydrogen-bond donors (Lipinski definition) is 2. The highest BCUT2D eigenvalue weighted by atomic mass is 19.4. The van der Waals surface area contributed by atoms with E-state index in [2.05, 4.69) is 10.6 Å². The minimum Gasteiger partial charge on any atom is -0.493 e. The number of furan rings is 1. The van der Waals surface area contributed by atoms with Crippen molar-refractivity contribution < 1.29 is 31.9 Å². The van der Waals surface area contributed by atoms with Crippen molar-refractivity contribution in [3.05, 3.63) is 65.4 Å². The number of rotatable bonds is 6. The number of nitrogens with one attached hydrogen (secondary N) is 2. The average molecular weight is 406 g/mol. The van der Waals surface area contributed by atoms with Crippen molar-refractivity contribution in [2.24, 2.45) is 0 Å². The van der Waals surface area contributed by atoms with Crippen molar-refractivity contribution in [1.82, 2.24) is 10.6 Å². The van der Waals surface area contributed by atoms with E-state index in [1.165, 1.54) is 7.11 Å². The fourth-order valence-electron chi connectivity index (χ4n) is 2.66. The van der Waals surface area contributed by atoms with E-state index in [-0.39, 0.29) is 24.4 Å². The molecule has 0 aliphatic rings. The summed E-state index contributed by atoms with van der Waals surface area (Å²) in [5.74, 6) is -0.405. The summed E-state index contributed by atoms with van der Waals surface area (Å²) in [6, 6.07) is 10.7. The van der Waals surface area contributed by atoms with Crippen LogP contribution in [0.15, 0.2) is 52.9 Å². The van der Waals surface area contributed by atoms with Crippen molar-refractivity contribution in [2.45, 2.75) is 6.18 Å². The van der Waals surface area contributed by atoms with E-state index in [1.807, 2.05) is 0 Å². The van der Waals surface area contributed by atoms with Gasteiger partial charge in [0.1, 0.15) is 0 Å². The Balaban J connectivity index is 1.51. The number of para-hydroxylation sites is 1. The van der Waals surface area contributed by atoms with Gasteiger partial charge in [-0.05, 0) is 36.4 Å². The molecule has 0 atom stereocenters. The van der Waals surface area contributed by atoms with E-state index in [9.17, 15) is 22.8 Å². The van der Waals surface area contributed by atoms with E-state index in [0.717, 1.165) is 24.3 Å². The van der Waals surface area contributed by atoms with Crippen molar-refractivity contribution in [2.75, 3.05) is 20.2 Å². The molecule has 1 aromatic heterocycles. The molecule has 152 valence electrons. The third-order valence-electron chi connectivity index (χ3n) is 4.12. The second kappa shape index (κ2) is 8.26. The third kappa shape index (κ3) is 4.68. The molecule has 29 heavy (non-hydrogen) atoms. The van der Waals surface area contributed by atoms with Gasteiger partial charge < -0.3 is 19.8 Å². The number of fused-ring (bicyclic) bond motifs is 1. The first-order valence-corrected chi connectivity index (χ1v) is 8.60. The molecular weight excluding hydrogens is 389 g/mol. The summed E-state index contributed by atoms with van der Waals surface area (Å²) in [5.41, 5.74) is -0.284. The number of carbonyl (C=O) groups excluding carboxylic acids is 2. The van der Waals surface area contributed by atoms with Gasteiger partial charge in [0, 0.05) is 24.0 Å². The van der Waals surface area contributed by atoms with Crippen LogP contribution in [-0.2, 0) is 6.18 Å². The lowest BCUT2D eigenvalue weighted by atomic mass is 10.1. The Hall–Kier alpha value is -3.49. The summed E-state index contributed by atoms with van der Waals surface area (Å²) in [4.78, 5) is 24.2. The van der Waals surface area contributed by atoms with Gasteiger partial charge in [-0.1, -0.05) is 12.1 Å². The Morgan fingerprint density at radius 1 is 1.00 bits per heavy atom. The summed E-state index contributed by atoms with van der Waals surface area (Å²) in [7, 11) is 1.50. The van der Waals surface area contributed by atoms with Gasteiger partial charge in [0.25, 0.3) is 11.8 Å². The van der Waals surface area contributed by atoms with Crippen LogP contribution in [0.3, 0.4) is 0 Å². The Morgan fingerprint density at radius 2 is 1.66 bits per heavy atom. The number of halogens is 3. The van der Waals surface area contributed by atoms with Crippen LogP contribution in [-0.4, -0.2) is 32.0 Å². The van der Waals surface area contributed by atoms with E-state index < -0.39 is 23.6 Å². The largest absolute Gasteiger partial charge is 0.493 e. The van der Waals surface area contributed by atoms with Gasteiger partial charge in [0.15, 0.2) is 17.1 Å². The topological polar surface area (TPSA) is 80.6 Å². The zero-order chi connectivity index (χ0) is 21.0. The average Bonchev–Trinajstić information content (AvgIpc) is 3.15. The van der Waals surface area contributed by atoms with E-state index in [1.54, 1.807) is 24.3 Å². The van der Waals surface area contributed by atoms with Crippen molar-refractivity contribution in [3.8, 4) is 5.75 Å². The molecule has 9 heteroatoms. The fourth-order valence-corrected chi connectivity index (χ4v) is 2.66. The summed E-state index contributed by atoms with van der Waals surface area (Å²) in [6.07, 6.45) is -4.46. The SMILES string of the molecule is COc1cccc2cc(C(=O)NCCNC(=O)c3ccc(C(F)(F)F)cc3)oc12. The van der Waals surface area contributed by atoms with Crippen molar-refractivity contribution in [1.29, 1.82) is 0 Å². The first-order valence-electron chi connectivity index (χ1n) is 8.60. The van der Waals surface area contributed by atoms with Gasteiger partial charge in [-0.15, -0.1) is 0 Å². The summed E-state index contributed by atoms with van der Waals surface area (Å²) in [6.45, 7) is 0.203. The molecule has 0 spiro atoms. The quantitative estimate of drug-likeness (QED) is 0.613. The number of ether oxygens (including phenoxy) is 1. The predicted octanol–water partition coefficient (Wildman–Crippen LogP) is 3.62. The molecule has 3 aromatic rings. The second-order valence-corrected chi connectivity index (χ2v) is 6.08. The highest BCUT2D eigenvalue weighted by Gasteiger charge is 2.30. The normalized spacial score (nSPS) is 11.3. The molecule has 1 heterocycles. The standard InChI is InChI=1S/C20H17F3N2O4/c1-28-15-4-2-3-13-11-16(29-17(13)15)19(27)25-10-9-24-18(26)12-5-7-14(8-6-12)20(21,22)23/h2-8,11H,9-10H2,1H3,(H,24,26)(H,25,27). The molecule has 0 bridgehead atoms. The van der Waals surface area contributed by atoms with Crippen LogP contribution in [0.1, 0.15) is 26.5 Å². The number of amides is 2. The molecule has 0 aliphatic heterocycles. The minimum absolute atomic E-state index is 0.0914. The van der Waals surface area contributed by atoms with Crippen LogP contribution >= 0.6 is 0 Å². The molecular formula is C20H17F3N2O4. The monoisotopic (exact) mass is 406 g/mol. The molecule has 0 saturated heterocycles. The first-order chi connectivity index (χ1) is 13.8. The lowest BCUT2D eigenvalue weighted by molar-refractivity contribution is -0.137. The molecule has 0 radical (unpaired) electrons. The smallest absolute Gasteiger partial charge is 0.416 e. The predicted molar refractivity (Wildman–Crippen MR) is 98.9 cm³/mol. The van der Waals surface area contributed by atoms with E-state index in [0.29, 0.717) is 16.7 Å². The van der Waals surface area contributed by atoms with Gasteiger partial charge in [-0.25, -0.2) is 0 Å². The van der Waals surface area contributed by atoms with Crippen LogP contribution in [0.25, 0.3) is 11.0 Å². The maximum absolute atomic E-state index is 12.5. The Labute approximate surface area is 163 Å². The van der Waals surface area contributed by atoms with Crippen molar-refractivity contribution in [3.63, 3.8) is 0 Å². The van der Waals surface area contributed by atoms with Gasteiger partial charge in [0.2, 0.25) is 0 Å². The Morgan fingerprint density at radius 3 is 2.28 bits per heavy atom. The highest BCUT2D eigenvalue weighted by Crippen LogP contribution is 2.29. The van der Waals surface area contributed by atoms with Gasteiger partial charge >= 0.3 is 6.18 Å². The summed E-state index contributed by atoms with van der Waals surface area (Å²) < 4.78 is 48.3. The molecule has 6 nitrogen and oxygen atoms in total. The van der Waals surface area contributed by atoms with Crippen molar-refractivity contribution >= 4 is 22.8 Å². The molecule has 2 aromatic carbocycles. The molecule has 0 saturated carbocycles. The van der Waals surface area contributed by atoms with Crippen LogP contribution in [0, 0.1) is 0 Å². The van der Waals surface area contributed by atoms with Gasteiger partial charge in [0.05, 0.1) is 12.7 Å². The number of methoxy groups -OCH3 is 1. The number of benzene rings is 2. The maximum atomic E-state index is 12.5. The number of carbonyl (C=O) groups is 2. The Bertz CT molecular complexity index is 1030.